The third-order valence-electron chi connectivity index (χ3n) is 2.18. The molecule has 1 heterocycles. The first-order valence-corrected chi connectivity index (χ1v) is 7.76. The van der Waals surface area contributed by atoms with Crippen LogP contribution in [0.1, 0.15) is 0 Å². The van der Waals surface area contributed by atoms with Gasteiger partial charge in [0.2, 0.25) is 8.32 Å². The predicted octanol–water partition coefficient (Wildman–Crippen LogP) is 0.858. The molecule has 0 N–H and O–H groups in total. The lowest BCUT2D eigenvalue weighted by molar-refractivity contribution is -0.137. The SMILES string of the molecule is C=C[Si](C)(C)OCCN1C(=O)C=CC1=O. The van der Waals surface area contributed by atoms with Crippen molar-refractivity contribution in [2.24, 2.45) is 0 Å². The van der Waals surface area contributed by atoms with Gasteiger partial charge < -0.3 is 4.43 Å². The van der Waals surface area contributed by atoms with Crippen molar-refractivity contribution in [3.63, 3.8) is 0 Å². The standard InChI is InChI=1S/C10H15NO3Si/c1-4-15(2,3)14-8-7-11-9(12)5-6-10(11)13/h4-6H,1,7-8H2,2-3H3. The van der Waals surface area contributed by atoms with E-state index >= 15 is 0 Å². The molecule has 0 unspecified atom stereocenters. The van der Waals surface area contributed by atoms with Crippen molar-refractivity contribution in [2.75, 3.05) is 13.2 Å². The van der Waals surface area contributed by atoms with Crippen molar-refractivity contribution >= 4 is 20.1 Å². The fraction of sp³-hybridized carbons (Fsp3) is 0.400. The molecule has 2 amide bonds. The monoisotopic (exact) mass is 225 g/mol. The molecule has 1 aliphatic rings. The second-order valence-electron chi connectivity index (χ2n) is 3.82. The number of amides is 2. The molecule has 0 saturated heterocycles. The van der Waals surface area contributed by atoms with Crippen molar-refractivity contribution in [3.05, 3.63) is 24.4 Å². The number of carbonyl (C=O) groups is 2. The summed E-state index contributed by atoms with van der Waals surface area (Å²) < 4.78 is 5.58. The molecule has 1 rings (SSSR count). The van der Waals surface area contributed by atoms with E-state index in [1.807, 2.05) is 18.8 Å². The average Bonchev–Trinajstić information content (AvgIpc) is 2.49. The van der Waals surface area contributed by atoms with Crippen LogP contribution in [-0.4, -0.2) is 38.2 Å². The molecule has 0 aromatic heterocycles. The van der Waals surface area contributed by atoms with Gasteiger partial charge >= 0.3 is 0 Å². The van der Waals surface area contributed by atoms with Crippen LogP contribution in [0, 0.1) is 0 Å². The Labute approximate surface area is 90.3 Å². The van der Waals surface area contributed by atoms with Crippen molar-refractivity contribution in [1.82, 2.24) is 4.90 Å². The van der Waals surface area contributed by atoms with Gasteiger partial charge in [-0.2, -0.15) is 0 Å². The number of nitrogens with zero attached hydrogens (tertiary/aromatic N) is 1. The maximum absolute atomic E-state index is 11.2. The first kappa shape index (κ1) is 11.9. The summed E-state index contributed by atoms with van der Waals surface area (Å²) >= 11 is 0. The molecule has 5 heteroatoms. The van der Waals surface area contributed by atoms with Gasteiger partial charge in [-0.1, -0.05) is 5.70 Å². The smallest absolute Gasteiger partial charge is 0.253 e. The fourth-order valence-corrected chi connectivity index (χ4v) is 1.85. The Hall–Kier alpha value is -1.20. The number of hydrogen-bond donors (Lipinski definition) is 0. The van der Waals surface area contributed by atoms with E-state index in [1.54, 1.807) is 0 Å². The Morgan fingerprint density at radius 3 is 2.40 bits per heavy atom. The van der Waals surface area contributed by atoms with E-state index in [9.17, 15) is 9.59 Å². The third kappa shape index (κ3) is 3.14. The zero-order chi connectivity index (χ0) is 11.5. The van der Waals surface area contributed by atoms with E-state index in [0.717, 1.165) is 0 Å². The summed E-state index contributed by atoms with van der Waals surface area (Å²) in [6.07, 6.45) is 2.55. The topological polar surface area (TPSA) is 46.6 Å². The highest BCUT2D eigenvalue weighted by Crippen LogP contribution is 2.07. The van der Waals surface area contributed by atoms with Crippen LogP contribution in [0.15, 0.2) is 24.4 Å². The Balaban J connectivity index is 2.36. The maximum atomic E-state index is 11.2. The Kier molecular flexibility index (Phi) is 3.60. The van der Waals surface area contributed by atoms with E-state index in [-0.39, 0.29) is 11.8 Å². The molecule has 0 radical (unpaired) electrons. The van der Waals surface area contributed by atoms with Crippen LogP contribution >= 0.6 is 0 Å². The van der Waals surface area contributed by atoms with Crippen molar-refractivity contribution < 1.29 is 14.0 Å². The molecule has 0 aromatic carbocycles. The molecular weight excluding hydrogens is 210 g/mol. The van der Waals surface area contributed by atoms with Gasteiger partial charge in [0.25, 0.3) is 11.8 Å². The minimum Gasteiger partial charge on any atom is -0.412 e. The van der Waals surface area contributed by atoms with Gasteiger partial charge in [0.15, 0.2) is 0 Å². The van der Waals surface area contributed by atoms with Gasteiger partial charge in [-0.05, 0) is 13.1 Å². The predicted molar refractivity (Wildman–Crippen MR) is 59.5 cm³/mol. The number of hydrogen-bond acceptors (Lipinski definition) is 3. The molecule has 0 fully saturated rings. The minimum atomic E-state index is -1.80. The quantitative estimate of drug-likeness (QED) is 0.515. The highest BCUT2D eigenvalue weighted by Gasteiger charge is 2.24. The fourth-order valence-electron chi connectivity index (χ4n) is 1.11. The van der Waals surface area contributed by atoms with Gasteiger partial charge in [-0.25, -0.2) is 0 Å². The van der Waals surface area contributed by atoms with Crippen LogP contribution in [0.25, 0.3) is 0 Å². The number of carbonyl (C=O) groups excluding carboxylic acids is 2. The average molecular weight is 225 g/mol. The molecule has 1 aliphatic heterocycles. The zero-order valence-corrected chi connectivity index (χ0v) is 10.0. The van der Waals surface area contributed by atoms with Crippen molar-refractivity contribution in [2.45, 2.75) is 13.1 Å². The largest absolute Gasteiger partial charge is 0.412 e. The van der Waals surface area contributed by atoms with Gasteiger partial charge in [0.1, 0.15) is 0 Å². The Morgan fingerprint density at radius 2 is 1.93 bits per heavy atom. The molecule has 0 spiro atoms. The lowest BCUT2D eigenvalue weighted by atomic mass is 10.5. The highest BCUT2D eigenvalue weighted by molar-refractivity contribution is 6.76. The van der Waals surface area contributed by atoms with Crippen molar-refractivity contribution in [1.29, 1.82) is 0 Å². The highest BCUT2D eigenvalue weighted by atomic mass is 28.4. The minimum absolute atomic E-state index is 0.262. The van der Waals surface area contributed by atoms with E-state index in [2.05, 4.69) is 6.58 Å². The Morgan fingerprint density at radius 1 is 1.40 bits per heavy atom. The molecule has 15 heavy (non-hydrogen) atoms. The van der Waals surface area contributed by atoms with Gasteiger partial charge in [0, 0.05) is 12.2 Å². The number of imide groups is 1. The van der Waals surface area contributed by atoms with Crippen LogP contribution in [0.3, 0.4) is 0 Å². The molecule has 0 aromatic rings. The summed E-state index contributed by atoms with van der Waals surface area (Å²) in [6, 6.07) is 0. The molecule has 0 bridgehead atoms. The zero-order valence-electron chi connectivity index (χ0n) is 9.03. The summed E-state index contributed by atoms with van der Waals surface area (Å²) in [5.74, 6) is -0.525. The van der Waals surface area contributed by atoms with Gasteiger partial charge in [-0.15, -0.1) is 6.58 Å². The van der Waals surface area contributed by atoms with Gasteiger partial charge in [-0.3, -0.25) is 14.5 Å². The molecule has 4 nitrogen and oxygen atoms in total. The van der Waals surface area contributed by atoms with Crippen LogP contribution in [0.4, 0.5) is 0 Å². The van der Waals surface area contributed by atoms with Crippen LogP contribution < -0.4 is 0 Å². The first-order chi connectivity index (χ1) is 6.96. The van der Waals surface area contributed by atoms with E-state index in [0.29, 0.717) is 13.2 Å². The van der Waals surface area contributed by atoms with Crippen molar-refractivity contribution in [3.8, 4) is 0 Å². The maximum Gasteiger partial charge on any atom is 0.253 e. The molecule has 0 atom stereocenters. The second kappa shape index (κ2) is 4.54. The molecule has 82 valence electrons. The first-order valence-electron chi connectivity index (χ1n) is 4.77. The normalized spacial score (nSPS) is 16.3. The summed E-state index contributed by atoms with van der Waals surface area (Å²) in [7, 11) is -1.80. The van der Waals surface area contributed by atoms with Gasteiger partial charge in [0.05, 0.1) is 13.2 Å². The summed E-state index contributed by atoms with van der Waals surface area (Å²) in [5, 5.41) is 0. The second-order valence-corrected chi connectivity index (χ2v) is 7.72. The summed E-state index contributed by atoms with van der Waals surface area (Å²) in [4.78, 5) is 23.5. The van der Waals surface area contributed by atoms with Crippen LogP contribution in [-0.2, 0) is 14.0 Å². The Bertz CT molecular complexity index is 305. The number of rotatable bonds is 5. The lowest BCUT2D eigenvalue weighted by Crippen LogP contribution is -2.37. The van der Waals surface area contributed by atoms with E-state index < -0.39 is 8.32 Å². The van der Waals surface area contributed by atoms with Crippen LogP contribution in [0.5, 0.6) is 0 Å². The molecule has 0 aliphatic carbocycles. The third-order valence-corrected chi connectivity index (χ3v) is 4.11. The van der Waals surface area contributed by atoms with E-state index in [1.165, 1.54) is 17.1 Å². The lowest BCUT2D eigenvalue weighted by Gasteiger charge is -2.20. The summed E-state index contributed by atoms with van der Waals surface area (Å²) in [6.45, 7) is 8.40. The van der Waals surface area contributed by atoms with E-state index in [4.69, 9.17) is 4.43 Å². The van der Waals surface area contributed by atoms with Crippen LogP contribution in [0.2, 0.25) is 13.1 Å². The summed E-state index contributed by atoms with van der Waals surface area (Å²) in [5.41, 5.74) is 1.82. The molecular formula is C10H15NO3Si. The molecule has 0 saturated carbocycles.